The van der Waals surface area contributed by atoms with Gasteiger partial charge in [0.1, 0.15) is 0 Å². The Balaban J connectivity index is 2.03. The number of nitrogens with zero attached hydrogens (tertiary/aromatic N) is 3. The monoisotopic (exact) mass is 286 g/mol. The fourth-order valence-electron chi connectivity index (χ4n) is 2.29. The standard InChI is InChI=1S/C17H26N4/c1-17(2,3)13-7-9-14(10-8-13)18-11-15-12-19-16(20(4)5)21(15)6/h7-10,12,18H,11H2,1-6H3. The molecule has 2 rings (SSSR count). The van der Waals surface area contributed by atoms with Crippen molar-refractivity contribution in [2.45, 2.75) is 32.7 Å². The number of aromatic nitrogens is 2. The zero-order valence-corrected chi connectivity index (χ0v) is 13.9. The molecular weight excluding hydrogens is 260 g/mol. The van der Waals surface area contributed by atoms with E-state index in [1.165, 1.54) is 11.3 Å². The maximum Gasteiger partial charge on any atom is 0.204 e. The molecule has 1 aromatic heterocycles. The van der Waals surface area contributed by atoms with E-state index in [-0.39, 0.29) is 5.41 Å². The fraction of sp³-hybridized carbons (Fsp3) is 0.471. The van der Waals surface area contributed by atoms with Crippen LogP contribution in [0.1, 0.15) is 32.0 Å². The van der Waals surface area contributed by atoms with Crippen LogP contribution in [0, 0.1) is 0 Å². The van der Waals surface area contributed by atoms with Crippen molar-refractivity contribution < 1.29 is 0 Å². The SMILES string of the molecule is CN(C)c1ncc(CNc2ccc(C(C)(C)C)cc2)n1C. The molecule has 0 aliphatic carbocycles. The molecule has 0 aliphatic heterocycles. The van der Waals surface area contributed by atoms with Crippen LogP contribution >= 0.6 is 0 Å². The topological polar surface area (TPSA) is 33.1 Å². The lowest BCUT2D eigenvalue weighted by Crippen LogP contribution is -2.15. The van der Waals surface area contributed by atoms with Gasteiger partial charge in [-0.15, -0.1) is 0 Å². The third-order valence-electron chi connectivity index (χ3n) is 3.68. The van der Waals surface area contributed by atoms with E-state index in [9.17, 15) is 0 Å². The lowest BCUT2D eigenvalue weighted by molar-refractivity contribution is 0.590. The van der Waals surface area contributed by atoms with Gasteiger partial charge in [-0.2, -0.15) is 0 Å². The molecule has 0 unspecified atom stereocenters. The molecule has 2 aromatic rings. The Labute approximate surface area is 127 Å². The molecule has 0 saturated heterocycles. The van der Waals surface area contributed by atoms with Gasteiger partial charge in [0.05, 0.1) is 18.4 Å². The molecule has 1 aromatic carbocycles. The highest BCUT2D eigenvalue weighted by Crippen LogP contribution is 2.23. The minimum Gasteiger partial charge on any atom is -0.379 e. The molecule has 0 aliphatic rings. The molecule has 1 N–H and O–H groups in total. The lowest BCUT2D eigenvalue weighted by Gasteiger charge is -2.19. The third-order valence-corrected chi connectivity index (χ3v) is 3.68. The van der Waals surface area contributed by atoms with Crippen LogP contribution in [0.5, 0.6) is 0 Å². The van der Waals surface area contributed by atoms with Crippen molar-refractivity contribution in [2.24, 2.45) is 7.05 Å². The first-order valence-electron chi connectivity index (χ1n) is 7.31. The number of hydrogen-bond acceptors (Lipinski definition) is 3. The van der Waals surface area contributed by atoms with Crippen LogP contribution in [-0.2, 0) is 19.0 Å². The van der Waals surface area contributed by atoms with Crippen LogP contribution < -0.4 is 10.2 Å². The van der Waals surface area contributed by atoms with Crippen molar-refractivity contribution in [1.29, 1.82) is 0 Å². The third kappa shape index (κ3) is 3.57. The van der Waals surface area contributed by atoms with E-state index in [4.69, 9.17) is 0 Å². The number of rotatable bonds is 4. The Morgan fingerprint density at radius 3 is 2.24 bits per heavy atom. The van der Waals surface area contributed by atoms with E-state index in [0.29, 0.717) is 0 Å². The molecule has 0 atom stereocenters. The Hall–Kier alpha value is -1.97. The summed E-state index contributed by atoms with van der Waals surface area (Å²) in [4.78, 5) is 6.44. The van der Waals surface area contributed by atoms with Crippen molar-refractivity contribution in [2.75, 3.05) is 24.3 Å². The van der Waals surface area contributed by atoms with E-state index < -0.39 is 0 Å². The normalized spacial score (nSPS) is 11.5. The van der Waals surface area contributed by atoms with E-state index in [0.717, 1.165) is 18.2 Å². The average molecular weight is 286 g/mol. The molecule has 1 heterocycles. The number of imidazole rings is 1. The molecule has 0 saturated carbocycles. The maximum atomic E-state index is 4.42. The van der Waals surface area contributed by atoms with E-state index in [1.807, 2.05) is 32.2 Å². The van der Waals surface area contributed by atoms with Crippen molar-refractivity contribution >= 4 is 11.6 Å². The van der Waals surface area contributed by atoms with Gasteiger partial charge in [-0.05, 0) is 23.1 Å². The first-order valence-corrected chi connectivity index (χ1v) is 7.31. The Kier molecular flexibility index (Phi) is 4.26. The molecule has 114 valence electrons. The van der Waals surface area contributed by atoms with Crippen LogP contribution in [0.2, 0.25) is 0 Å². The van der Waals surface area contributed by atoms with Crippen LogP contribution in [-0.4, -0.2) is 23.6 Å². The average Bonchev–Trinajstić information content (AvgIpc) is 2.77. The number of nitrogens with one attached hydrogen (secondary N) is 1. The predicted octanol–water partition coefficient (Wildman–Crippen LogP) is 3.40. The van der Waals surface area contributed by atoms with Crippen LogP contribution in [0.3, 0.4) is 0 Å². The largest absolute Gasteiger partial charge is 0.379 e. The zero-order valence-electron chi connectivity index (χ0n) is 13.9. The quantitative estimate of drug-likeness (QED) is 0.935. The fourth-order valence-corrected chi connectivity index (χ4v) is 2.29. The van der Waals surface area contributed by atoms with Gasteiger partial charge in [-0.25, -0.2) is 4.98 Å². The summed E-state index contributed by atoms with van der Waals surface area (Å²) in [5.41, 5.74) is 3.85. The van der Waals surface area contributed by atoms with Gasteiger partial charge in [0.2, 0.25) is 5.95 Å². The van der Waals surface area contributed by atoms with Gasteiger partial charge in [-0.3, -0.25) is 0 Å². The van der Waals surface area contributed by atoms with E-state index in [1.54, 1.807) is 0 Å². The lowest BCUT2D eigenvalue weighted by atomic mass is 9.87. The summed E-state index contributed by atoms with van der Waals surface area (Å²) in [7, 11) is 6.05. The van der Waals surface area contributed by atoms with Crippen LogP contribution in [0.25, 0.3) is 0 Å². The minimum absolute atomic E-state index is 0.196. The molecular formula is C17H26N4. The molecule has 0 bridgehead atoms. The van der Waals surface area contributed by atoms with Gasteiger partial charge < -0.3 is 14.8 Å². The number of anilines is 2. The minimum atomic E-state index is 0.196. The number of hydrogen-bond donors (Lipinski definition) is 1. The van der Waals surface area contributed by atoms with E-state index in [2.05, 4.69) is 59.9 Å². The van der Waals surface area contributed by atoms with Gasteiger partial charge in [0, 0.05) is 26.8 Å². The summed E-state index contributed by atoms with van der Waals surface area (Å²) < 4.78 is 2.11. The molecule has 0 radical (unpaired) electrons. The maximum absolute atomic E-state index is 4.42. The molecule has 0 spiro atoms. The summed E-state index contributed by atoms with van der Waals surface area (Å²) >= 11 is 0. The Morgan fingerprint density at radius 1 is 1.14 bits per heavy atom. The summed E-state index contributed by atoms with van der Waals surface area (Å²) in [6.07, 6.45) is 1.92. The molecule has 0 fully saturated rings. The highest BCUT2D eigenvalue weighted by atomic mass is 15.3. The second-order valence-corrected chi connectivity index (χ2v) is 6.68. The van der Waals surface area contributed by atoms with Gasteiger partial charge in [-0.1, -0.05) is 32.9 Å². The second-order valence-electron chi connectivity index (χ2n) is 6.68. The van der Waals surface area contributed by atoms with Crippen molar-refractivity contribution in [3.63, 3.8) is 0 Å². The summed E-state index contributed by atoms with van der Waals surface area (Å²) in [5.74, 6) is 0.967. The first-order chi connectivity index (χ1) is 9.79. The summed E-state index contributed by atoms with van der Waals surface area (Å²) in [5, 5.41) is 3.45. The van der Waals surface area contributed by atoms with Crippen LogP contribution in [0.15, 0.2) is 30.5 Å². The molecule has 4 heteroatoms. The Bertz CT molecular complexity index is 588. The summed E-state index contributed by atoms with van der Waals surface area (Å²) in [6.45, 7) is 7.46. The zero-order chi connectivity index (χ0) is 15.6. The molecule has 0 amide bonds. The first kappa shape index (κ1) is 15.4. The summed E-state index contributed by atoms with van der Waals surface area (Å²) in [6, 6.07) is 8.67. The van der Waals surface area contributed by atoms with Crippen molar-refractivity contribution in [1.82, 2.24) is 9.55 Å². The van der Waals surface area contributed by atoms with Gasteiger partial charge in [0.25, 0.3) is 0 Å². The van der Waals surface area contributed by atoms with Crippen molar-refractivity contribution in [3.8, 4) is 0 Å². The molecule has 21 heavy (non-hydrogen) atoms. The van der Waals surface area contributed by atoms with E-state index >= 15 is 0 Å². The predicted molar refractivity (Wildman–Crippen MR) is 90.0 cm³/mol. The van der Waals surface area contributed by atoms with Gasteiger partial charge >= 0.3 is 0 Å². The van der Waals surface area contributed by atoms with Gasteiger partial charge in [0.15, 0.2) is 0 Å². The van der Waals surface area contributed by atoms with Crippen molar-refractivity contribution in [3.05, 3.63) is 41.7 Å². The molecule has 4 nitrogen and oxygen atoms in total. The highest BCUT2D eigenvalue weighted by molar-refractivity contribution is 5.46. The highest BCUT2D eigenvalue weighted by Gasteiger charge is 2.13. The van der Waals surface area contributed by atoms with Crippen LogP contribution in [0.4, 0.5) is 11.6 Å². The number of benzene rings is 1. The second kappa shape index (κ2) is 5.80. The Morgan fingerprint density at radius 2 is 1.76 bits per heavy atom. The smallest absolute Gasteiger partial charge is 0.204 e.